The summed E-state index contributed by atoms with van der Waals surface area (Å²) in [4.78, 5) is 11.8. The number of fused-ring (bicyclic) bond motifs is 1. The number of hydrogen-bond acceptors (Lipinski definition) is 3. The first-order valence-electron chi connectivity index (χ1n) is 6.83. The topological polar surface area (TPSA) is 29.0 Å². The van der Waals surface area contributed by atoms with Gasteiger partial charge >= 0.3 is 0 Å². The average Bonchev–Trinajstić information content (AvgIpc) is 2.25. The van der Waals surface area contributed by atoms with Crippen LogP contribution in [0.3, 0.4) is 0 Å². The van der Waals surface area contributed by atoms with Crippen LogP contribution in [0.5, 0.6) is 0 Å². The summed E-state index contributed by atoms with van der Waals surface area (Å²) in [6, 6.07) is 0. The summed E-state index contributed by atoms with van der Waals surface area (Å²) in [5.41, 5.74) is 1.43. The lowest BCUT2D eigenvalue weighted by Crippen LogP contribution is -2.45. The molecule has 1 aromatic heterocycles. The van der Waals surface area contributed by atoms with Crippen molar-refractivity contribution in [2.24, 2.45) is 0 Å². The largest absolute Gasteiger partial charge is 0.351 e. The van der Waals surface area contributed by atoms with Crippen LogP contribution in [0.4, 0.5) is 5.82 Å². The van der Waals surface area contributed by atoms with Crippen LogP contribution in [0.1, 0.15) is 59.4 Å². The third-order valence-corrected chi connectivity index (χ3v) is 3.41. The molecule has 3 nitrogen and oxygen atoms in total. The summed E-state index contributed by atoms with van der Waals surface area (Å²) in [6.45, 7) is 14.3. The molecule has 0 atom stereocenters. The minimum Gasteiger partial charge on any atom is -0.351 e. The molecule has 2 heterocycles. The molecule has 0 unspecified atom stereocenters. The maximum Gasteiger partial charge on any atom is 0.136 e. The highest BCUT2D eigenvalue weighted by Gasteiger charge is 2.29. The summed E-state index contributed by atoms with van der Waals surface area (Å²) in [5.74, 6) is 2.09. The van der Waals surface area contributed by atoms with Crippen molar-refractivity contribution in [1.29, 1.82) is 0 Å². The van der Waals surface area contributed by atoms with Crippen LogP contribution in [0, 0.1) is 0 Å². The van der Waals surface area contributed by atoms with E-state index in [0.29, 0.717) is 0 Å². The third kappa shape index (κ3) is 2.50. The molecule has 0 aromatic carbocycles. The van der Waals surface area contributed by atoms with Gasteiger partial charge in [0.2, 0.25) is 0 Å². The SMILES string of the molecule is CC(C)(C)c1ncc2c(n1)N(C(C)(C)C)CCC2. The maximum atomic E-state index is 4.85. The molecule has 0 fully saturated rings. The minimum absolute atomic E-state index is 0.00995. The highest BCUT2D eigenvalue weighted by Crippen LogP contribution is 2.32. The normalized spacial score (nSPS) is 16.7. The Bertz CT molecular complexity index is 438. The first-order valence-corrected chi connectivity index (χ1v) is 6.83. The van der Waals surface area contributed by atoms with Crippen molar-refractivity contribution in [3.05, 3.63) is 17.6 Å². The van der Waals surface area contributed by atoms with E-state index in [4.69, 9.17) is 4.98 Å². The predicted octanol–water partition coefficient (Wildman–Crippen LogP) is 3.33. The van der Waals surface area contributed by atoms with E-state index in [1.54, 1.807) is 0 Å². The number of rotatable bonds is 0. The Kier molecular flexibility index (Phi) is 3.12. The smallest absolute Gasteiger partial charge is 0.136 e. The maximum absolute atomic E-state index is 4.85. The van der Waals surface area contributed by atoms with Crippen molar-refractivity contribution in [3.63, 3.8) is 0 Å². The molecule has 0 N–H and O–H groups in total. The lowest BCUT2D eigenvalue weighted by molar-refractivity contribution is 0.469. The van der Waals surface area contributed by atoms with Crippen molar-refractivity contribution in [2.45, 2.75) is 65.3 Å². The van der Waals surface area contributed by atoms with E-state index in [9.17, 15) is 0 Å². The Balaban J connectivity index is 2.48. The Morgan fingerprint density at radius 2 is 1.78 bits per heavy atom. The zero-order valence-corrected chi connectivity index (χ0v) is 12.5. The highest BCUT2D eigenvalue weighted by molar-refractivity contribution is 5.50. The van der Waals surface area contributed by atoms with Gasteiger partial charge in [-0.2, -0.15) is 0 Å². The Morgan fingerprint density at radius 1 is 1.11 bits per heavy atom. The molecular formula is C15H25N3. The minimum atomic E-state index is 0.00995. The van der Waals surface area contributed by atoms with Crippen molar-refractivity contribution < 1.29 is 0 Å². The number of hydrogen-bond donors (Lipinski definition) is 0. The molecule has 0 spiro atoms. The summed E-state index contributed by atoms with van der Waals surface area (Å²) in [7, 11) is 0. The summed E-state index contributed by atoms with van der Waals surface area (Å²) in [6.07, 6.45) is 4.33. The van der Waals surface area contributed by atoms with Gasteiger partial charge in [-0.3, -0.25) is 0 Å². The molecule has 0 amide bonds. The van der Waals surface area contributed by atoms with E-state index >= 15 is 0 Å². The first kappa shape index (κ1) is 13.3. The van der Waals surface area contributed by atoms with Crippen molar-refractivity contribution in [1.82, 2.24) is 9.97 Å². The zero-order chi connectivity index (χ0) is 13.6. The molecule has 2 rings (SSSR count). The Morgan fingerprint density at radius 3 is 2.33 bits per heavy atom. The van der Waals surface area contributed by atoms with E-state index < -0.39 is 0 Å². The molecule has 0 bridgehead atoms. The molecule has 0 saturated carbocycles. The van der Waals surface area contributed by atoms with Gasteiger partial charge in [-0.05, 0) is 33.6 Å². The third-order valence-electron chi connectivity index (χ3n) is 3.41. The monoisotopic (exact) mass is 247 g/mol. The van der Waals surface area contributed by atoms with Crippen molar-refractivity contribution in [3.8, 4) is 0 Å². The second kappa shape index (κ2) is 4.22. The molecular weight excluding hydrogens is 222 g/mol. The lowest BCUT2D eigenvalue weighted by atomic mass is 9.94. The van der Waals surface area contributed by atoms with Crippen LogP contribution in [-0.2, 0) is 11.8 Å². The molecule has 1 aliphatic rings. The van der Waals surface area contributed by atoms with E-state index in [0.717, 1.165) is 24.6 Å². The second-order valence-electron chi connectivity index (χ2n) is 7.22. The van der Waals surface area contributed by atoms with Crippen molar-refractivity contribution >= 4 is 5.82 Å². The van der Waals surface area contributed by atoms with Crippen LogP contribution < -0.4 is 4.90 Å². The van der Waals surface area contributed by atoms with E-state index in [-0.39, 0.29) is 11.0 Å². The molecule has 1 aromatic rings. The molecule has 100 valence electrons. The molecule has 18 heavy (non-hydrogen) atoms. The number of aromatic nitrogens is 2. The predicted molar refractivity (Wildman–Crippen MR) is 76.2 cm³/mol. The summed E-state index contributed by atoms with van der Waals surface area (Å²) < 4.78 is 0. The van der Waals surface area contributed by atoms with Crippen LogP contribution >= 0.6 is 0 Å². The highest BCUT2D eigenvalue weighted by atomic mass is 15.3. The second-order valence-corrected chi connectivity index (χ2v) is 7.22. The van der Waals surface area contributed by atoms with Gasteiger partial charge in [-0.1, -0.05) is 20.8 Å². The fourth-order valence-corrected chi connectivity index (χ4v) is 2.36. The molecule has 3 heteroatoms. The van der Waals surface area contributed by atoms with Crippen LogP contribution in [0.25, 0.3) is 0 Å². The van der Waals surface area contributed by atoms with Gasteiger partial charge in [0, 0.05) is 29.3 Å². The molecule has 0 saturated heterocycles. The quantitative estimate of drug-likeness (QED) is 0.704. The number of anilines is 1. The van der Waals surface area contributed by atoms with Gasteiger partial charge in [-0.25, -0.2) is 9.97 Å². The van der Waals surface area contributed by atoms with Crippen LogP contribution in [-0.4, -0.2) is 22.1 Å². The lowest BCUT2D eigenvalue weighted by Gasteiger charge is -2.40. The van der Waals surface area contributed by atoms with Gasteiger partial charge in [0.25, 0.3) is 0 Å². The fourth-order valence-electron chi connectivity index (χ4n) is 2.36. The molecule has 1 aliphatic heterocycles. The average molecular weight is 247 g/mol. The van der Waals surface area contributed by atoms with E-state index in [1.807, 2.05) is 6.20 Å². The summed E-state index contributed by atoms with van der Waals surface area (Å²) >= 11 is 0. The molecule has 0 aliphatic carbocycles. The van der Waals surface area contributed by atoms with Crippen LogP contribution in [0.15, 0.2) is 6.20 Å². The zero-order valence-electron chi connectivity index (χ0n) is 12.5. The van der Waals surface area contributed by atoms with Gasteiger partial charge < -0.3 is 4.90 Å². The van der Waals surface area contributed by atoms with Crippen LogP contribution in [0.2, 0.25) is 0 Å². The van der Waals surface area contributed by atoms with E-state index in [1.165, 1.54) is 12.0 Å². The van der Waals surface area contributed by atoms with Gasteiger partial charge in [0.05, 0.1) is 0 Å². The number of aryl methyl sites for hydroxylation is 1. The van der Waals surface area contributed by atoms with Gasteiger partial charge in [-0.15, -0.1) is 0 Å². The molecule has 0 radical (unpaired) electrons. The Labute approximate surface area is 111 Å². The van der Waals surface area contributed by atoms with Gasteiger partial charge in [0.15, 0.2) is 0 Å². The fraction of sp³-hybridized carbons (Fsp3) is 0.733. The van der Waals surface area contributed by atoms with Crippen molar-refractivity contribution in [2.75, 3.05) is 11.4 Å². The summed E-state index contributed by atoms with van der Waals surface area (Å²) in [5, 5.41) is 0. The number of nitrogens with zero attached hydrogens (tertiary/aromatic N) is 3. The van der Waals surface area contributed by atoms with Gasteiger partial charge in [0.1, 0.15) is 11.6 Å². The standard InChI is InChI=1S/C15H25N3/c1-14(2,3)13-16-10-11-8-7-9-18(12(11)17-13)15(4,5)6/h10H,7-9H2,1-6H3. The Hall–Kier alpha value is -1.12. The first-order chi connectivity index (χ1) is 8.19. The van der Waals surface area contributed by atoms with E-state index in [2.05, 4.69) is 51.4 Å².